The van der Waals surface area contributed by atoms with Gasteiger partial charge in [0.25, 0.3) is 0 Å². The van der Waals surface area contributed by atoms with Gasteiger partial charge < -0.3 is 0 Å². The van der Waals surface area contributed by atoms with Gasteiger partial charge in [-0.2, -0.15) is 0 Å². The predicted molar refractivity (Wildman–Crippen MR) is 77.7 cm³/mol. The molecule has 0 spiro atoms. The number of hydrogen-bond donors (Lipinski definition) is 1. The number of hydrogen-bond acceptors (Lipinski definition) is 3. The van der Waals surface area contributed by atoms with E-state index in [0.29, 0.717) is 0 Å². The van der Waals surface area contributed by atoms with Crippen molar-refractivity contribution in [2.24, 2.45) is 0 Å². The first-order chi connectivity index (χ1) is 9.19. The van der Waals surface area contributed by atoms with Crippen LogP contribution in [-0.4, -0.2) is 39.2 Å². The minimum absolute atomic E-state index is 0.148. The molecule has 3 nitrogen and oxygen atoms in total. The summed E-state index contributed by atoms with van der Waals surface area (Å²) in [6, 6.07) is 9.75. The quantitative estimate of drug-likeness (QED) is 0.471. The Bertz CT molecular complexity index is 403. The fourth-order valence-electron chi connectivity index (χ4n) is 1.52. The van der Waals surface area contributed by atoms with E-state index in [4.69, 9.17) is 4.74 Å². The van der Waals surface area contributed by atoms with Crippen molar-refractivity contribution >= 4 is 25.4 Å². The van der Waals surface area contributed by atoms with Crippen molar-refractivity contribution in [1.29, 1.82) is 0 Å². The van der Waals surface area contributed by atoms with Gasteiger partial charge in [0.15, 0.2) is 0 Å². The van der Waals surface area contributed by atoms with Crippen molar-refractivity contribution < 1.29 is 14.6 Å². The average Bonchev–Trinajstić information content (AvgIpc) is 2.45. The molecule has 1 rings (SSSR count). The molecule has 0 radical (unpaired) electrons. The monoisotopic (exact) mass is 328 g/mol. The summed E-state index contributed by atoms with van der Waals surface area (Å²) in [5.41, 5.74) is 0. The molecule has 0 unspecified atom stereocenters. The summed E-state index contributed by atoms with van der Waals surface area (Å²) < 4.78 is 5.87. The second-order valence-corrected chi connectivity index (χ2v) is 6.63. The third-order valence-corrected chi connectivity index (χ3v) is 5.20. The molecule has 4 heteroatoms. The van der Waals surface area contributed by atoms with Gasteiger partial charge in [-0.05, 0) is 0 Å². The molecule has 0 fully saturated rings. The molecule has 0 aliphatic heterocycles. The standard InChI is InChI=1S/C15H20O3Se/c1-3-4-6-11-13(16)14(15(17)18-2)19-12-9-7-5-8-10-12/h5-11,13-14,16H,3-4H2,1-2H3/b11-6+/t13-,14+/m0/s1. The number of ether oxygens (including phenoxy) is 1. The van der Waals surface area contributed by atoms with Crippen LogP contribution in [-0.2, 0) is 9.53 Å². The van der Waals surface area contributed by atoms with E-state index in [1.807, 2.05) is 36.4 Å². The second kappa shape index (κ2) is 8.92. The average molecular weight is 327 g/mol. The fourth-order valence-corrected chi connectivity index (χ4v) is 3.68. The molecule has 1 N–H and O–H groups in total. The van der Waals surface area contributed by atoms with Crippen LogP contribution in [0.4, 0.5) is 0 Å². The van der Waals surface area contributed by atoms with E-state index in [9.17, 15) is 9.90 Å². The third kappa shape index (κ3) is 5.60. The van der Waals surface area contributed by atoms with Gasteiger partial charge in [0.1, 0.15) is 0 Å². The summed E-state index contributed by atoms with van der Waals surface area (Å²) in [4.78, 5) is 11.3. The predicted octanol–water partition coefficient (Wildman–Crippen LogP) is 1.69. The van der Waals surface area contributed by atoms with Gasteiger partial charge >= 0.3 is 120 Å². The van der Waals surface area contributed by atoms with Crippen LogP contribution in [0.5, 0.6) is 0 Å². The van der Waals surface area contributed by atoms with Crippen molar-refractivity contribution in [2.75, 3.05) is 7.11 Å². The van der Waals surface area contributed by atoms with Crippen LogP contribution in [0.2, 0.25) is 4.82 Å². The Morgan fingerprint density at radius 1 is 1.42 bits per heavy atom. The topological polar surface area (TPSA) is 46.5 Å². The van der Waals surface area contributed by atoms with Gasteiger partial charge in [0.05, 0.1) is 0 Å². The maximum absolute atomic E-state index is 11.8. The van der Waals surface area contributed by atoms with Crippen molar-refractivity contribution in [1.82, 2.24) is 0 Å². The number of esters is 1. The first-order valence-electron chi connectivity index (χ1n) is 6.33. The molecule has 1 aromatic rings. The Morgan fingerprint density at radius 2 is 2.11 bits per heavy atom. The van der Waals surface area contributed by atoms with E-state index in [1.54, 1.807) is 6.08 Å². The minimum atomic E-state index is -0.779. The van der Waals surface area contributed by atoms with Crippen molar-refractivity contribution in [3.05, 3.63) is 42.5 Å². The first kappa shape index (κ1) is 16.0. The molecular formula is C15H20O3Se. The SMILES string of the molecule is CCC/C=C/[C@H](O)[C@@H]([Se]c1ccccc1)C(=O)OC. The van der Waals surface area contributed by atoms with Gasteiger partial charge in [0.2, 0.25) is 0 Å². The third-order valence-electron chi connectivity index (χ3n) is 2.54. The Balaban J connectivity index is 2.74. The number of carbonyl (C=O) groups is 1. The van der Waals surface area contributed by atoms with Crippen molar-refractivity contribution in [3.63, 3.8) is 0 Å². The number of unbranched alkanes of at least 4 members (excludes halogenated alkanes) is 1. The van der Waals surface area contributed by atoms with Crippen LogP contribution >= 0.6 is 0 Å². The summed E-state index contributed by atoms with van der Waals surface area (Å²) >= 11 is -0.148. The number of allylic oxidation sites excluding steroid dienone is 1. The molecule has 0 aliphatic rings. The summed E-state index contributed by atoms with van der Waals surface area (Å²) in [5, 5.41) is 10.1. The number of benzene rings is 1. The van der Waals surface area contributed by atoms with Crippen LogP contribution in [0.1, 0.15) is 19.8 Å². The van der Waals surface area contributed by atoms with Crippen LogP contribution < -0.4 is 4.46 Å². The molecule has 1 aromatic carbocycles. The zero-order valence-electron chi connectivity index (χ0n) is 11.3. The molecule has 0 saturated carbocycles. The molecule has 2 atom stereocenters. The molecule has 0 heterocycles. The molecule has 0 aromatic heterocycles. The van der Waals surface area contributed by atoms with E-state index in [-0.39, 0.29) is 20.9 Å². The number of carbonyl (C=O) groups excluding carboxylic acids is 1. The number of methoxy groups -OCH3 is 1. The molecule has 0 aliphatic carbocycles. The summed E-state index contributed by atoms with van der Waals surface area (Å²) in [6.07, 6.45) is 4.77. The van der Waals surface area contributed by atoms with E-state index in [2.05, 4.69) is 6.92 Å². The van der Waals surface area contributed by atoms with Gasteiger partial charge in [-0.25, -0.2) is 0 Å². The van der Waals surface area contributed by atoms with E-state index in [1.165, 1.54) is 7.11 Å². The summed E-state index contributed by atoms with van der Waals surface area (Å²) in [5.74, 6) is -0.350. The van der Waals surface area contributed by atoms with E-state index in [0.717, 1.165) is 17.3 Å². The fraction of sp³-hybridized carbons (Fsp3) is 0.400. The maximum atomic E-state index is 11.8. The Labute approximate surface area is 120 Å². The van der Waals surface area contributed by atoms with Crippen LogP contribution in [0, 0.1) is 0 Å². The number of aliphatic hydroxyl groups excluding tert-OH is 1. The molecule has 19 heavy (non-hydrogen) atoms. The van der Waals surface area contributed by atoms with E-state index >= 15 is 0 Å². The van der Waals surface area contributed by atoms with Crippen molar-refractivity contribution in [3.8, 4) is 0 Å². The zero-order chi connectivity index (χ0) is 14.1. The number of rotatable bonds is 7. The second-order valence-electron chi connectivity index (χ2n) is 4.08. The van der Waals surface area contributed by atoms with Crippen LogP contribution in [0.15, 0.2) is 42.5 Å². The summed E-state index contributed by atoms with van der Waals surface area (Å²) in [6.45, 7) is 2.07. The Hall–Kier alpha value is -1.09. The van der Waals surface area contributed by atoms with Crippen molar-refractivity contribution in [2.45, 2.75) is 30.7 Å². The molecule has 0 bridgehead atoms. The molecule has 104 valence electrons. The van der Waals surface area contributed by atoms with Gasteiger partial charge in [0, 0.05) is 0 Å². The molecular weight excluding hydrogens is 307 g/mol. The van der Waals surface area contributed by atoms with Gasteiger partial charge in [-0.1, -0.05) is 0 Å². The normalized spacial score (nSPS) is 14.3. The molecule has 0 saturated heterocycles. The number of aliphatic hydroxyl groups is 1. The Morgan fingerprint density at radius 3 is 2.68 bits per heavy atom. The van der Waals surface area contributed by atoms with E-state index < -0.39 is 10.9 Å². The van der Waals surface area contributed by atoms with Gasteiger partial charge in [-0.15, -0.1) is 0 Å². The van der Waals surface area contributed by atoms with Gasteiger partial charge in [-0.3, -0.25) is 0 Å². The zero-order valence-corrected chi connectivity index (χ0v) is 13.0. The Kier molecular flexibility index (Phi) is 7.49. The summed E-state index contributed by atoms with van der Waals surface area (Å²) in [7, 11) is 1.36. The van der Waals surface area contributed by atoms with Crippen LogP contribution in [0.25, 0.3) is 0 Å². The molecule has 0 amide bonds. The first-order valence-corrected chi connectivity index (χ1v) is 8.17. The van der Waals surface area contributed by atoms with Crippen LogP contribution in [0.3, 0.4) is 0 Å².